The van der Waals surface area contributed by atoms with Crippen LogP contribution in [0.25, 0.3) is 10.8 Å². The third-order valence-corrected chi connectivity index (χ3v) is 6.44. The first-order chi connectivity index (χ1) is 17.9. The zero-order valence-electron chi connectivity index (χ0n) is 21.0. The SMILES string of the molecule is CC(NCCCC(NC(=O)c1ccc(CNC(C)c2ncc[nH]2)c2ccccc12)C(=O)O)c1ncc[nH]1. The van der Waals surface area contributed by atoms with Crippen molar-refractivity contribution in [1.29, 1.82) is 0 Å². The number of imidazole rings is 2. The third kappa shape index (κ3) is 6.60. The Kier molecular flexibility index (Phi) is 8.65. The molecule has 2 heterocycles. The van der Waals surface area contributed by atoms with Crippen LogP contribution >= 0.6 is 0 Å². The average molecular weight is 504 g/mol. The van der Waals surface area contributed by atoms with Gasteiger partial charge >= 0.3 is 5.97 Å². The molecule has 0 saturated carbocycles. The van der Waals surface area contributed by atoms with Crippen LogP contribution in [0.3, 0.4) is 0 Å². The van der Waals surface area contributed by atoms with Crippen molar-refractivity contribution >= 4 is 22.6 Å². The molecule has 2 aromatic carbocycles. The molecule has 6 N–H and O–H groups in total. The van der Waals surface area contributed by atoms with E-state index < -0.39 is 17.9 Å². The second-order valence-electron chi connectivity index (χ2n) is 9.05. The minimum atomic E-state index is -1.05. The Morgan fingerprint density at radius 3 is 2.19 bits per heavy atom. The Balaban J connectivity index is 1.39. The molecule has 37 heavy (non-hydrogen) atoms. The number of carboxylic acids is 1. The first-order valence-electron chi connectivity index (χ1n) is 12.4. The van der Waals surface area contributed by atoms with Gasteiger partial charge in [-0.25, -0.2) is 14.8 Å². The largest absolute Gasteiger partial charge is 0.480 e. The fourth-order valence-corrected chi connectivity index (χ4v) is 4.32. The molecule has 0 bridgehead atoms. The quantitative estimate of drug-likeness (QED) is 0.153. The first kappa shape index (κ1) is 26.1. The molecular weight excluding hydrogens is 470 g/mol. The number of carbonyl (C=O) groups is 2. The number of aromatic amines is 2. The van der Waals surface area contributed by atoms with E-state index in [-0.39, 0.29) is 12.1 Å². The summed E-state index contributed by atoms with van der Waals surface area (Å²) in [5, 5.41) is 20.9. The van der Waals surface area contributed by atoms with Gasteiger partial charge in [0.1, 0.15) is 17.7 Å². The highest BCUT2D eigenvalue weighted by atomic mass is 16.4. The number of hydrogen-bond donors (Lipinski definition) is 6. The van der Waals surface area contributed by atoms with Crippen molar-refractivity contribution in [3.8, 4) is 0 Å². The number of carbonyl (C=O) groups excluding carboxylic acids is 1. The van der Waals surface area contributed by atoms with E-state index >= 15 is 0 Å². The highest BCUT2D eigenvalue weighted by Crippen LogP contribution is 2.24. The fourth-order valence-electron chi connectivity index (χ4n) is 4.32. The number of nitrogens with one attached hydrogen (secondary N) is 5. The van der Waals surface area contributed by atoms with Crippen LogP contribution in [0.5, 0.6) is 0 Å². The topological polar surface area (TPSA) is 148 Å². The van der Waals surface area contributed by atoms with Crippen molar-refractivity contribution in [3.63, 3.8) is 0 Å². The molecule has 3 atom stereocenters. The maximum atomic E-state index is 13.2. The Labute approximate surface area is 215 Å². The van der Waals surface area contributed by atoms with Gasteiger partial charge in [-0.3, -0.25) is 4.79 Å². The van der Waals surface area contributed by atoms with Gasteiger partial charge < -0.3 is 31.0 Å². The minimum Gasteiger partial charge on any atom is -0.480 e. The van der Waals surface area contributed by atoms with Gasteiger partial charge in [-0.2, -0.15) is 0 Å². The maximum absolute atomic E-state index is 13.2. The van der Waals surface area contributed by atoms with Gasteiger partial charge in [0.05, 0.1) is 12.1 Å². The fraction of sp³-hybridized carbons (Fsp3) is 0.333. The summed E-state index contributed by atoms with van der Waals surface area (Å²) < 4.78 is 0. The van der Waals surface area contributed by atoms with Gasteiger partial charge in [0.15, 0.2) is 0 Å². The van der Waals surface area contributed by atoms with Gasteiger partial charge in [-0.15, -0.1) is 0 Å². The van der Waals surface area contributed by atoms with Gasteiger partial charge in [-0.1, -0.05) is 30.3 Å². The molecular formula is C27H33N7O3. The van der Waals surface area contributed by atoms with E-state index in [9.17, 15) is 14.7 Å². The van der Waals surface area contributed by atoms with Crippen molar-refractivity contribution in [2.75, 3.05) is 6.54 Å². The summed E-state index contributed by atoms with van der Waals surface area (Å²) in [6.07, 6.45) is 7.86. The molecule has 0 spiro atoms. The van der Waals surface area contributed by atoms with Crippen LogP contribution in [0.1, 0.15) is 66.3 Å². The Morgan fingerprint density at radius 1 is 0.919 bits per heavy atom. The molecule has 0 radical (unpaired) electrons. The van der Waals surface area contributed by atoms with Gasteiger partial charge in [0.25, 0.3) is 5.91 Å². The average Bonchev–Trinajstić information content (AvgIpc) is 3.63. The molecule has 0 saturated heterocycles. The van der Waals surface area contributed by atoms with Gasteiger partial charge in [0, 0.05) is 36.9 Å². The van der Waals surface area contributed by atoms with Crippen molar-refractivity contribution in [1.82, 2.24) is 35.9 Å². The number of amides is 1. The number of nitrogens with zero attached hydrogens (tertiary/aromatic N) is 2. The van der Waals surface area contributed by atoms with E-state index in [0.717, 1.165) is 28.0 Å². The maximum Gasteiger partial charge on any atom is 0.326 e. The Morgan fingerprint density at radius 2 is 1.57 bits per heavy atom. The molecule has 0 aliphatic carbocycles. The lowest BCUT2D eigenvalue weighted by molar-refractivity contribution is -0.139. The summed E-state index contributed by atoms with van der Waals surface area (Å²) in [6.45, 7) is 5.20. The molecule has 10 heteroatoms. The number of rotatable bonds is 13. The highest BCUT2D eigenvalue weighted by molar-refractivity contribution is 6.08. The summed E-state index contributed by atoms with van der Waals surface area (Å²) in [5.74, 6) is 0.225. The monoisotopic (exact) mass is 503 g/mol. The van der Waals surface area contributed by atoms with Crippen LogP contribution in [0.15, 0.2) is 61.2 Å². The molecule has 4 rings (SSSR count). The molecule has 194 valence electrons. The van der Waals surface area contributed by atoms with Crippen molar-refractivity contribution < 1.29 is 14.7 Å². The Bertz CT molecular complexity index is 1310. The number of H-pyrrole nitrogens is 2. The normalized spacial score (nSPS) is 13.8. The van der Waals surface area contributed by atoms with E-state index in [1.54, 1.807) is 30.9 Å². The number of benzene rings is 2. The summed E-state index contributed by atoms with van der Waals surface area (Å²) in [7, 11) is 0. The number of carboxylic acid groups (broad SMARTS) is 1. The summed E-state index contributed by atoms with van der Waals surface area (Å²) in [4.78, 5) is 39.7. The van der Waals surface area contributed by atoms with E-state index in [4.69, 9.17) is 0 Å². The van der Waals surface area contributed by atoms with Crippen molar-refractivity contribution in [3.05, 3.63) is 84.0 Å². The van der Waals surface area contributed by atoms with Crippen LogP contribution in [-0.4, -0.2) is 49.5 Å². The molecule has 10 nitrogen and oxygen atoms in total. The molecule has 4 aromatic rings. The lowest BCUT2D eigenvalue weighted by Crippen LogP contribution is -2.41. The molecule has 0 fully saturated rings. The summed E-state index contributed by atoms with van der Waals surface area (Å²) in [6, 6.07) is 10.4. The number of aromatic nitrogens is 4. The third-order valence-electron chi connectivity index (χ3n) is 6.44. The van der Waals surface area contributed by atoms with Gasteiger partial charge in [-0.05, 0) is 55.6 Å². The van der Waals surface area contributed by atoms with E-state index in [1.165, 1.54) is 0 Å². The van der Waals surface area contributed by atoms with Crippen molar-refractivity contribution in [2.24, 2.45) is 0 Å². The van der Waals surface area contributed by atoms with Crippen LogP contribution < -0.4 is 16.0 Å². The predicted octanol–water partition coefficient (Wildman–Crippen LogP) is 3.45. The highest BCUT2D eigenvalue weighted by Gasteiger charge is 2.22. The lowest BCUT2D eigenvalue weighted by atomic mass is 9.98. The van der Waals surface area contributed by atoms with Crippen molar-refractivity contribution in [2.45, 2.75) is 51.4 Å². The molecule has 1 amide bonds. The van der Waals surface area contributed by atoms with E-state index in [0.29, 0.717) is 31.5 Å². The van der Waals surface area contributed by atoms with Crippen LogP contribution in [0.2, 0.25) is 0 Å². The second kappa shape index (κ2) is 12.3. The molecule has 0 aliphatic heterocycles. The molecule has 0 aliphatic rings. The van der Waals surface area contributed by atoms with E-state index in [1.807, 2.05) is 44.2 Å². The van der Waals surface area contributed by atoms with Crippen LogP contribution in [-0.2, 0) is 11.3 Å². The zero-order valence-corrected chi connectivity index (χ0v) is 21.0. The molecule has 2 aromatic heterocycles. The summed E-state index contributed by atoms with van der Waals surface area (Å²) >= 11 is 0. The minimum absolute atomic E-state index is 0.0225. The van der Waals surface area contributed by atoms with Gasteiger partial charge in [0.2, 0.25) is 0 Å². The summed E-state index contributed by atoms with van der Waals surface area (Å²) in [5.41, 5.74) is 1.49. The number of fused-ring (bicyclic) bond motifs is 1. The standard InChI is InChI=1S/C27H33N7O3/c1-17(24-29-12-13-30-24)28-11-5-8-23(27(36)37)34-26(35)22-10-9-19(20-6-3-4-7-21(20)22)16-33-18(2)25-31-14-15-32-25/h3-4,6-7,9-10,12-15,17-18,23,28,33H,5,8,11,16H2,1-2H3,(H,29,30)(H,31,32)(H,34,35)(H,36,37). The van der Waals surface area contributed by atoms with E-state index in [2.05, 4.69) is 35.9 Å². The smallest absolute Gasteiger partial charge is 0.326 e. The molecule has 3 unspecified atom stereocenters. The number of aliphatic carboxylic acids is 1. The lowest BCUT2D eigenvalue weighted by Gasteiger charge is -2.18. The number of hydrogen-bond acceptors (Lipinski definition) is 6. The van der Waals surface area contributed by atoms with Crippen LogP contribution in [0, 0.1) is 0 Å². The zero-order chi connectivity index (χ0) is 26.2. The second-order valence-corrected chi connectivity index (χ2v) is 9.05. The Hall–Kier alpha value is -4.02. The first-order valence-corrected chi connectivity index (χ1v) is 12.4. The predicted molar refractivity (Wildman–Crippen MR) is 141 cm³/mol. The van der Waals surface area contributed by atoms with Crippen LogP contribution in [0.4, 0.5) is 0 Å².